The van der Waals surface area contributed by atoms with Gasteiger partial charge in [-0.15, -0.1) is 0 Å². The van der Waals surface area contributed by atoms with Gasteiger partial charge in [-0.3, -0.25) is 0 Å². The fraction of sp³-hybridized carbons (Fsp3) is 0.467. The summed E-state index contributed by atoms with van der Waals surface area (Å²) in [4.78, 5) is 1.81. The Morgan fingerprint density at radius 2 is 1.84 bits per heavy atom. The lowest BCUT2D eigenvalue weighted by molar-refractivity contribution is 0.570. The van der Waals surface area contributed by atoms with E-state index in [2.05, 4.69) is 31.3 Å². The summed E-state index contributed by atoms with van der Waals surface area (Å²) in [5.41, 5.74) is 2.09. The van der Waals surface area contributed by atoms with Gasteiger partial charge in [-0.05, 0) is 31.5 Å². The van der Waals surface area contributed by atoms with Crippen molar-refractivity contribution in [2.45, 2.75) is 26.3 Å². The molecule has 0 aliphatic rings. The van der Waals surface area contributed by atoms with E-state index in [1.165, 1.54) is 0 Å². The molecule has 1 rings (SSSR count). The number of anilines is 1. The number of hydrogen-bond donors (Lipinski definition) is 1. The number of hydrogen-bond acceptors (Lipinski definition) is 4. The fourth-order valence-electron chi connectivity index (χ4n) is 2.01. The molecule has 1 atom stereocenters. The van der Waals surface area contributed by atoms with Gasteiger partial charge in [-0.25, -0.2) is 0 Å². The summed E-state index contributed by atoms with van der Waals surface area (Å²) in [6.45, 7) is 5.64. The van der Waals surface area contributed by atoms with Crippen molar-refractivity contribution in [1.29, 1.82) is 10.5 Å². The van der Waals surface area contributed by atoms with Crippen LogP contribution in [0.1, 0.15) is 31.9 Å². The molecule has 1 unspecified atom stereocenters. The summed E-state index contributed by atoms with van der Waals surface area (Å²) in [6, 6.07) is 12.4. The van der Waals surface area contributed by atoms with Crippen LogP contribution in [0, 0.1) is 22.7 Å². The molecule has 0 bridgehead atoms. The van der Waals surface area contributed by atoms with Crippen LogP contribution in [-0.2, 0) is 0 Å². The van der Waals surface area contributed by atoms with Crippen LogP contribution < -0.4 is 10.2 Å². The molecular formula is C15H20N4. The van der Waals surface area contributed by atoms with E-state index < -0.39 is 0 Å². The number of benzene rings is 1. The predicted octanol–water partition coefficient (Wildman–Crippen LogP) is 2.60. The van der Waals surface area contributed by atoms with Gasteiger partial charge in [0, 0.05) is 11.7 Å². The quantitative estimate of drug-likeness (QED) is 0.762. The van der Waals surface area contributed by atoms with E-state index in [4.69, 9.17) is 10.5 Å². The van der Waals surface area contributed by atoms with E-state index in [9.17, 15) is 0 Å². The molecule has 0 aromatic heterocycles. The first-order chi connectivity index (χ1) is 9.24. The SMILES string of the molecule is CCCNC(C)c1ccccc1N(CC#N)CC#N. The number of nitrogens with zero attached hydrogens (tertiary/aromatic N) is 3. The lowest BCUT2D eigenvalue weighted by atomic mass is 10.0. The molecule has 0 aliphatic carbocycles. The van der Waals surface area contributed by atoms with Crippen molar-refractivity contribution in [3.05, 3.63) is 29.8 Å². The van der Waals surface area contributed by atoms with E-state index in [0.717, 1.165) is 24.2 Å². The first kappa shape index (κ1) is 15.0. The second-order valence-corrected chi connectivity index (χ2v) is 4.41. The molecule has 1 N–H and O–H groups in total. The summed E-state index contributed by atoms with van der Waals surface area (Å²) < 4.78 is 0. The van der Waals surface area contributed by atoms with Gasteiger partial charge in [0.15, 0.2) is 0 Å². The van der Waals surface area contributed by atoms with Crippen molar-refractivity contribution in [3.8, 4) is 12.1 Å². The maximum absolute atomic E-state index is 8.88. The molecule has 0 aliphatic heterocycles. The smallest absolute Gasteiger partial charge is 0.106 e. The van der Waals surface area contributed by atoms with Crippen LogP contribution in [0.25, 0.3) is 0 Å². The lowest BCUT2D eigenvalue weighted by Gasteiger charge is -2.25. The molecule has 1 aromatic carbocycles. The first-order valence-electron chi connectivity index (χ1n) is 6.55. The standard InChI is InChI=1S/C15H20N4/c1-3-10-18-13(2)14-6-4-5-7-15(14)19(11-8-16)12-9-17/h4-7,13,18H,3,10-12H2,1-2H3. The topological polar surface area (TPSA) is 62.9 Å². The molecule has 4 nitrogen and oxygen atoms in total. The third-order valence-corrected chi connectivity index (χ3v) is 2.97. The van der Waals surface area contributed by atoms with Crippen LogP contribution in [-0.4, -0.2) is 19.6 Å². The minimum Gasteiger partial charge on any atom is -0.345 e. The van der Waals surface area contributed by atoms with Gasteiger partial charge in [0.2, 0.25) is 0 Å². The van der Waals surface area contributed by atoms with Gasteiger partial charge in [0.25, 0.3) is 0 Å². The third kappa shape index (κ3) is 4.28. The maximum Gasteiger partial charge on any atom is 0.106 e. The molecule has 4 heteroatoms. The van der Waals surface area contributed by atoms with Crippen LogP contribution in [0.5, 0.6) is 0 Å². The summed E-state index contributed by atoms with van der Waals surface area (Å²) in [5, 5.41) is 21.2. The Balaban J connectivity index is 2.99. The Hall–Kier alpha value is -2.04. The monoisotopic (exact) mass is 256 g/mol. The normalized spacial score (nSPS) is 11.4. The third-order valence-electron chi connectivity index (χ3n) is 2.97. The van der Waals surface area contributed by atoms with Crippen molar-refractivity contribution in [2.75, 3.05) is 24.5 Å². The van der Waals surface area contributed by atoms with E-state index in [-0.39, 0.29) is 19.1 Å². The second kappa shape index (κ2) is 8.13. The fourth-order valence-corrected chi connectivity index (χ4v) is 2.01. The van der Waals surface area contributed by atoms with Gasteiger partial charge in [0.1, 0.15) is 13.1 Å². The maximum atomic E-state index is 8.88. The van der Waals surface area contributed by atoms with E-state index in [1.807, 2.05) is 24.3 Å². The van der Waals surface area contributed by atoms with Crippen LogP contribution in [0.3, 0.4) is 0 Å². The van der Waals surface area contributed by atoms with Crippen LogP contribution in [0.15, 0.2) is 24.3 Å². The van der Waals surface area contributed by atoms with Gasteiger partial charge >= 0.3 is 0 Å². The van der Waals surface area contributed by atoms with E-state index in [0.29, 0.717) is 0 Å². The largest absolute Gasteiger partial charge is 0.345 e. The molecule has 0 saturated carbocycles. The average Bonchev–Trinajstić information content (AvgIpc) is 2.44. The highest BCUT2D eigenvalue weighted by Gasteiger charge is 2.14. The summed E-state index contributed by atoms with van der Waals surface area (Å²) in [5.74, 6) is 0. The Labute approximate surface area is 115 Å². The first-order valence-corrected chi connectivity index (χ1v) is 6.55. The molecule has 0 fully saturated rings. The van der Waals surface area contributed by atoms with Gasteiger partial charge in [-0.1, -0.05) is 25.1 Å². The Morgan fingerprint density at radius 3 is 2.42 bits per heavy atom. The number of nitriles is 2. The van der Waals surface area contributed by atoms with E-state index >= 15 is 0 Å². The Morgan fingerprint density at radius 1 is 1.21 bits per heavy atom. The summed E-state index contributed by atoms with van der Waals surface area (Å²) in [6.07, 6.45) is 1.08. The molecule has 0 radical (unpaired) electrons. The molecule has 100 valence electrons. The van der Waals surface area contributed by atoms with Crippen molar-refractivity contribution in [2.24, 2.45) is 0 Å². The molecule has 0 heterocycles. The van der Waals surface area contributed by atoms with Gasteiger partial charge in [0.05, 0.1) is 12.1 Å². The number of nitrogens with one attached hydrogen (secondary N) is 1. The highest BCUT2D eigenvalue weighted by molar-refractivity contribution is 5.56. The van der Waals surface area contributed by atoms with Gasteiger partial charge in [-0.2, -0.15) is 10.5 Å². The molecule has 0 spiro atoms. The molecule has 0 saturated heterocycles. The Kier molecular flexibility index (Phi) is 6.43. The van der Waals surface area contributed by atoms with Crippen molar-refractivity contribution in [1.82, 2.24) is 5.32 Å². The molecule has 1 aromatic rings. The number of para-hydroxylation sites is 1. The highest BCUT2D eigenvalue weighted by atomic mass is 15.1. The zero-order valence-corrected chi connectivity index (χ0v) is 11.6. The zero-order chi connectivity index (χ0) is 14.1. The molecule has 0 amide bonds. The average molecular weight is 256 g/mol. The summed E-state index contributed by atoms with van der Waals surface area (Å²) in [7, 11) is 0. The van der Waals surface area contributed by atoms with Crippen molar-refractivity contribution >= 4 is 5.69 Å². The second-order valence-electron chi connectivity index (χ2n) is 4.41. The molecule has 19 heavy (non-hydrogen) atoms. The lowest BCUT2D eigenvalue weighted by Crippen LogP contribution is -2.27. The van der Waals surface area contributed by atoms with Crippen molar-refractivity contribution < 1.29 is 0 Å². The minimum atomic E-state index is 0.205. The van der Waals surface area contributed by atoms with Gasteiger partial charge < -0.3 is 10.2 Å². The van der Waals surface area contributed by atoms with Crippen LogP contribution >= 0.6 is 0 Å². The van der Waals surface area contributed by atoms with Crippen LogP contribution in [0.2, 0.25) is 0 Å². The van der Waals surface area contributed by atoms with Crippen molar-refractivity contribution in [3.63, 3.8) is 0 Å². The van der Waals surface area contributed by atoms with E-state index in [1.54, 1.807) is 4.90 Å². The summed E-state index contributed by atoms with van der Waals surface area (Å²) >= 11 is 0. The minimum absolute atomic E-state index is 0.205. The predicted molar refractivity (Wildman–Crippen MR) is 76.6 cm³/mol. The molecular weight excluding hydrogens is 236 g/mol. The van der Waals surface area contributed by atoms with Crippen LogP contribution in [0.4, 0.5) is 5.69 Å². The highest BCUT2D eigenvalue weighted by Crippen LogP contribution is 2.25. The number of rotatable bonds is 7. The zero-order valence-electron chi connectivity index (χ0n) is 11.6. The Bertz CT molecular complexity index is 454.